The predicted molar refractivity (Wildman–Crippen MR) is 77.2 cm³/mol. The lowest BCUT2D eigenvalue weighted by molar-refractivity contribution is 0.297. The third-order valence-electron chi connectivity index (χ3n) is 3.07. The fourth-order valence-electron chi connectivity index (χ4n) is 2.12. The normalized spacial score (nSPS) is 13.7. The average Bonchev–Trinajstić information content (AvgIpc) is 2.72. The number of hydrogen-bond donors (Lipinski definition) is 1. The van der Waals surface area contributed by atoms with E-state index in [1.54, 1.807) is 6.33 Å². The van der Waals surface area contributed by atoms with Crippen LogP contribution in [0, 0.1) is 0 Å². The van der Waals surface area contributed by atoms with Crippen molar-refractivity contribution in [3.63, 3.8) is 0 Å². The Balaban J connectivity index is 1.94. The number of nitrogens with one attached hydrogen (secondary N) is 1. The summed E-state index contributed by atoms with van der Waals surface area (Å²) >= 11 is 0. The summed E-state index contributed by atoms with van der Waals surface area (Å²) < 4.78 is 11.3. The first-order valence-corrected chi connectivity index (χ1v) is 6.83. The number of hydrogen-bond acceptors (Lipinski definition) is 5. The first-order chi connectivity index (χ1) is 9.86. The Kier molecular flexibility index (Phi) is 3.67. The fourth-order valence-corrected chi connectivity index (χ4v) is 2.12. The molecule has 0 spiro atoms. The Morgan fingerprint density at radius 2 is 1.95 bits per heavy atom. The van der Waals surface area contributed by atoms with Gasteiger partial charge in [0.1, 0.15) is 12.1 Å². The molecule has 5 nitrogen and oxygen atoms in total. The van der Waals surface area contributed by atoms with Gasteiger partial charge in [-0.25, -0.2) is 9.97 Å². The fraction of sp³-hybridized carbons (Fsp3) is 0.333. The molecule has 2 aromatic rings. The van der Waals surface area contributed by atoms with Crippen molar-refractivity contribution < 1.29 is 9.47 Å². The predicted octanol–water partition coefficient (Wildman–Crippen LogP) is 2.74. The van der Waals surface area contributed by atoms with E-state index in [1.807, 2.05) is 31.2 Å². The molecule has 1 N–H and O–H groups in total. The van der Waals surface area contributed by atoms with Gasteiger partial charge < -0.3 is 14.8 Å². The first-order valence-electron chi connectivity index (χ1n) is 6.83. The summed E-state index contributed by atoms with van der Waals surface area (Å²) in [5.74, 6) is 2.40. The number of fused-ring (bicyclic) bond motifs is 1. The van der Waals surface area contributed by atoms with Crippen LogP contribution in [0.1, 0.15) is 13.3 Å². The summed E-state index contributed by atoms with van der Waals surface area (Å²) in [5, 5.41) is 3.18. The van der Waals surface area contributed by atoms with Crippen molar-refractivity contribution in [2.24, 2.45) is 0 Å². The first kappa shape index (κ1) is 12.7. The Labute approximate surface area is 118 Å². The van der Waals surface area contributed by atoms with Crippen LogP contribution in [0.3, 0.4) is 0 Å². The summed E-state index contributed by atoms with van der Waals surface area (Å²) in [6, 6.07) is 7.83. The topological polar surface area (TPSA) is 56.3 Å². The van der Waals surface area contributed by atoms with Crippen LogP contribution in [0.15, 0.2) is 30.6 Å². The molecule has 2 heterocycles. The standard InChI is InChI=1S/C15H17N3O2/c1-2-16-15-9-12(17-10-18-15)11-4-5-13-14(8-11)20-7-3-6-19-13/h4-5,8-10H,2-3,6-7H2,1H3,(H,16,17,18). The van der Waals surface area contributed by atoms with Gasteiger partial charge in [0.05, 0.1) is 18.9 Å². The molecular formula is C15H17N3O2. The van der Waals surface area contributed by atoms with Gasteiger partial charge in [0.25, 0.3) is 0 Å². The van der Waals surface area contributed by atoms with E-state index >= 15 is 0 Å². The molecule has 0 unspecified atom stereocenters. The maximum atomic E-state index is 5.70. The minimum Gasteiger partial charge on any atom is -0.490 e. The third-order valence-corrected chi connectivity index (χ3v) is 3.07. The molecule has 0 saturated heterocycles. The van der Waals surface area contributed by atoms with E-state index in [9.17, 15) is 0 Å². The van der Waals surface area contributed by atoms with Crippen LogP contribution in [0.4, 0.5) is 5.82 Å². The number of ether oxygens (including phenoxy) is 2. The second-order valence-corrected chi connectivity index (χ2v) is 4.53. The molecule has 1 aliphatic rings. The molecule has 5 heteroatoms. The zero-order chi connectivity index (χ0) is 13.8. The van der Waals surface area contributed by atoms with Gasteiger partial charge in [0, 0.05) is 24.6 Å². The Bertz CT molecular complexity index is 601. The molecule has 1 aromatic carbocycles. The van der Waals surface area contributed by atoms with Crippen molar-refractivity contribution in [1.82, 2.24) is 9.97 Å². The number of aromatic nitrogens is 2. The van der Waals surface area contributed by atoms with Gasteiger partial charge in [-0.3, -0.25) is 0 Å². The lowest BCUT2D eigenvalue weighted by Crippen LogP contribution is -2.00. The molecule has 1 aromatic heterocycles. The van der Waals surface area contributed by atoms with Crippen molar-refractivity contribution in [2.45, 2.75) is 13.3 Å². The van der Waals surface area contributed by atoms with Crippen LogP contribution >= 0.6 is 0 Å². The van der Waals surface area contributed by atoms with Crippen LogP contribution in [0.25, 0.3) is 11.3 Å². The molecular weight excluding hydrogens is 254 g/mol. The van der Waals surface area contributed by atoms with Crippen molar-refractivity contribution in [2.75, 3.05) is 25.1 Å². The van der Waals surface area contributed by atoms with Gasteiger partial charge in [-0.15, -0.1) is 0 Å². The highest BCUT2D eigenvalue weighted by atomic mass is 16.5. The lowest BCUT2D eigenvalue weighted by Gasteiger charge is -2.09. The maximum absolute atomic E-state index is 5.70. The van der Waals surface area contributed by atoms with Crippen molar-refractivity contribution in [1.29, 1.82) is 0 Å². The van der Waals surface area contributed by atoms with E-state index in [0.29, 0.717) is 13.2 Å². The summed E-state index contributed by atoms with van der Waals surface area (Å²) in [6.07, 6.45) is 2.47. The van der Waals surface area contributed by atoms with Gasteiger partial charge in [0.15, 0.2) is 11.5 Å². The number of rotatable bonds is 3. The Morgan fingerprint density at radius 3 is 2.80 bits per heavy atom. The molecule has 3 rings (SSSR count). The number of nitrogens with zero attached hydrogens (tertiary/aromatic N) is 2. The molecule has 0 atom stereocenters. The number of benzene rings is 1. The van der Waals surface area contributed by atoms with E-state index in [1.165, 1.54) is 0 Å². The largest absolute Gasteiger partial charge is 0.490 e. The summed E-state index contributed by atoms with van der Waals surface area (Å²) in [7, 11) is 0. The average molecular weight is 271 g/mol. The van der Waals surface area contributed by atoms with E-state index in [2.05, 4.69) is 15.3 Å². The maximum Gasteiger partial charge on any atom is 0.161 e. The smallest absolute Gasteiger partial charge is 0.161 e. The van der Waals surface area contributed by atoms with Crippen LogP contribution in [0.5, 0.6) is 11.5 Å². The molecule has 0 amide bonds. The highest BCUT2D eigenvalue weighted by molar-refractivity contribution is 5.66. The van der Waals surface area contributed by atoms with Gasteiger partial charge in [0.2, 0.25) is 0 Å². The van der Waals surface area contributed by atoms with Crippen LogP contribution in [0.2, 0.25) is 0 Å². The van der Waals surface area contributed by atoms with Crippen molar-refractivity contribution >= 4 is 5.82 Å². The monoisotopic (exact) mass is 271 g/mol. The van der Waals surface area contributed by atoms with Crippen LogP contribution in [-0.4, -0.2) is 29.7 Å². The molecule has 0 aliphatic carbocycles. The Hall–Kier alpha value is -2.30. The van der Waals surface area contributed by atoms with E-state index < -0.39 is 0 Å². The molecule has 0 radical (unpaired) electrons. The Morgan fingerprint density at radius 1 is 1.10 bits per heavy atom. The minimum absolute atomic E-state index is 0.683. The second kappa shape index (κ2) is 5.77. The highest BCUT2D eigenvalue weighted by Gasteiger charge is 2.12. The third kappa shape index (κ3) is 2.66. The van der Waals surface area contributed by atoms with Gasteiger partial charge in [-0.1, -0.05) is 0 Å². The lowest BCUT2D eigenvalue weighted by atomic mass is 10.1. The quantitative estimate of drug-likeness (QED) is 0.930. The molecule has 104 valence electrons. The zero-order valence-electron chi connectivity index (χ0n) is 11.4. The van der Waals surface area contributed by atoms with Gasteiger partial charge in [-0.2, -0.15) is 0 Å². The van der Waals surface area contributed by atoms with Crippen LogP contribution < -0.4 is 14.8 Å². The van der Waals surface area contributed by atoms with E-state index in [4.69, 9.17) is 9.47 Å². The molecule has 0 saturated carbocycles. The van der Waals surface area contributed by atoms with Crippen molar-refractivity contribution in [3.05, 3.63) is 30.6 Å². The highest BCUT2D eigenvalue weighted by Crippen LogP contribution is 2.33. The minimum atomic E-state index is 0.683. The van der Waals surface area contributed by atoms with E-state index in [0.717, 1.165) is 41.5 Å². The SMILES string of the molecule is CCNc1cc(-c2ccc3c(c2)OCCCO3)ncn1. The summed E-state index contributed by atoms with van der Waals surface area (Å²) in [6.45, 7) is 4.25. The molecule has 0 fully saturated rings. The van der Waals surface area contributed by atoms with Gasteiger partial charge >= 0.3 is 0 Å². The van der Waals surface area contributed by atoms with Gasteiger partial charge in [-0.05, 0) is 25.1 Å². The second-order valence-electron chi connectivity index (χ2n) is 4.53. The van der Waals surface area contributed by atoms with Crippen LogP contribution in [-0.2, 0) is 0 Å². The number of anilines is 1. The summed E-state index contributed by atoms with van der Waals surface area (Å²) in [5.41, 5.74) is 1.86. The molecule has 0 bridgehead atoms. The van der Waals surface area contributed by atoms with E-state index in [-0.39, 0.29) is 0 Å². The molecule has 20 heavy (non-hydrogen) atoms. The molecule has 1 aliphatic heterocycles. The zero-order valence-corrected chi connectivity index (χ0v) is 11.4. The van der Waals surface area contributed by atoms with Crippen molar-refractivity contribution in [3.8, 4) is 22.8 Å². The summed E-state index contributed by atoms with van der Waals surface area (Å²) in [4.78, 5) is 8.50.